The molecule has 12 heteroatoms. The fourth-order valence-corrected chi connectivity index (χ4v) is 8.45. The Morgan fingerprint density at radius 1 is 1.10 bits per heavy atom. The molecular formula is C36H52FN3O6SSi. The summed E-state index contributed by atoms with van der Waals surface area (Å²) in [5.74, 6) is -0.430. The summed E-state index contributed by atoms with van der Waals surface area (Å²) in [6.07, 6.45) is 2.66. The van der Waals surface area contributed by atoms with E-state index in [2.05, 4.69) is 43.6 Å². The summed E-state index contributed by atoms with van der Waals surface area (Å²) in [5.41, 5.74) is 1.19. The van der Waals surface area contributed by atoms with Crippen molar-refractivity contribution in [3.8, 4) is 0 Å². The van der Waals surface area contributed by atoms with Crippen molar-refractivity contribution in [2.24, 2.45) is 4.99 Å². The predicted molar refractivity (Wildman–Crippen MR) is 191 cm³/mol. The average molecular weight is 702 g/mol. The van der Waals surface area contributed by atoms with Gasteiger partial charge in [-0.1, -0.05) is 69.3 Å². The number of carbonyl (C=O) groups excluding carboxylic acids is 1. The van der Waals surface area contributed by atoms with Gasteiger partial charge >= 0.3 is 6.09 Å². The maximum Gasteiger partial charge on any atom is 0.410 e. The maximum atomic E-state index is 15.0. The molecule has 0 aromatic heterocycles. The van der Waals surface area contributed by atoms with Crippen LogP contribution in [0, 0.1) is 5.82 Å². The van der Waals surface area contributed by atoms with Crippen molar-refractivity contribution >= 4 is 36.0 Å². The number of carbonyl (C=O) groups is 1. The summed E-state index contributed by atoms with van der Waals surface area (Å²) in [6.45, 7) is 21.0. The van der Waals surface area contributed by atoms with Crippen LogP contribution in [0.3, 0.4) is 0 Å². The van der Waals surface area contributed by atoms with Crippen molar-refractivity contribution in [3.63, 3.8) is 0 Å². The van der Waals surface area contributed by atoms with Gasteiger partial charge in [0.2, 0.25) is 10.0 Å². The van der Waals surface area contributed by atoms with Crippen LogP contribution in [-0.4, -0.2) is 64.6 Å². The summed E-state index contributed by atoms with van der Waals surface area (Å²) >= 11 is 0. The monoisotopic (exact) mass is 701 g/mol. The Bertz CT molecular complexity index is 1640. The largest absolute Gasteiger partial charge is 0.457 e. The molecule has 1 fully saturated rings. The van der Waals surface area contributed by atoms with Gasteiger partial charge in [0, 0.05) is 25.3 Å². The Kier molecular flexibility index (Phi) is 10.9. The molecule has 0 bridgehead atoms. The summed E-state index contributed by atoms with van der Waals surface area (Å²) in [4.78, 5) is 18.8. The predicted octanol–water partition coefficient (Wildman–Crippen LogP) is 8.13. The molecule has 2 heterocycles. The third kappa shape index (κ3) is 9.06. The Hall–Kier alpha value is -3.22. The molecule has 2 atom stereocenters. The molecule has 264 valence electrons. The van der Waals surface area contributed by atoms with Gasteiger partial charge in [-0.2, -0.15) is 0 Å². The van der Waals surface area contributed by atoms with E-state index in [4.69, 9.17) is 13.9 Å². The van der Waals surface area contributed by atoms with E-state index in [0.29, 0.717) is 43.7 Å². The fraction of sp³-hybridized carbons (Fsp3) is 0.556. The minimum atomic E-state index is -4.00. The minimum Gasteiger partial charge on any atom is -0.457 e. The molecular weight excluding hydrogens is 650 g/mol. The van der Waals surface area contributed by atoms with Gasteiger partial charge in [-0.3, -0.25) is 0 Å². The second-order valence-corrected chi connectivity index (χ2v) is 22.2. The normalized spacial score (nSPS) is 21.1. The zero-order valence-electron chi connectivity index (χ0n) is 30.0. The van der Waals surface area contributed by atoms with E-state index in [9.17, 15) is 13.2 Å². The molecule has 1 amide bonds. The SMILES string of the molecule is CC(C)(C)OC(=O)N1CC=C(c2ccc(C3C(C)(C)OC(=NC(CCO[Si](C)(C)C(C)(C)C)c4ccccc4F)NS3(=O)=O)cc2)CC1. The lowest BCUT2D eigenvalue weighted by atomic mass is 9.94. The van der Waals surface area contributed by atoms with Crippen molar-refractivity contribution in [2.45, 2.75) is 109 Å². The number of nitrogens with zero attached hydrogens (tertiary/aromatic N) is 2. The Balaban J connectivity index is 1.52. The number of halogens is 1. The first kappa shape index (κ1) is 37.6. The topological polar surface area (TPSA) is 107 Å². The van der Waals surface area contributed by atoms with Crippen molar-refractivity contribution in [1.29, 1.82) is 0 Å². The van der Waals surface area contributed by atoms with E-state index in [1.54, 1.807) is 49.1 Å². The zero-order valence-corrected chi connectivity index (χ0v) is 31.8. The molecule has 4 rings (SSSR count). The molecule has 48 heavy (non-hydrogen) atoms. The molecule has 0 saturated carbocycles. The molecule has 1 N–H and O–H groups in total. The van der Waals surface area contributed by atoms with Crippen LogP contribution in [0.2, 0.25) is 18.1 Å². The molecule has 2 aromatic rings. The fourth-order valence-electron chi connectivity index (χ4n) is 5.63. The summed E-state index contributed by atoms with van der Waals surface area (Å²) in [5, 5.41) is -1.03. The highest BCUT2D eigenvalue weighted by atomic mass is 32.2. The number of rotatable bonds is 8. The van der Waals surface area contributed by atoms with Crippen LogP contribution in [-0.2, 0) is 23.9 Å². The smallest absolute Gasteiger partial charge is 0.410 e. The van der Waals surface area contributed by atoms with Crippen LogP contribution in [0.1, 0.15) is 96.2 Å². The van der Waals surface area contributed by atoms with Crippen LogP contribution in [0.5, 0.6) is 0 Å². The maximum absolute atomic E-state index is 15.0. The molecule has 1 saturated heterocycles. The first-order chi connectivity index (χ1) is 22.1. The van der Waals surface area contributed by atoms with Gasteiger partial charge in [0.25, 0.3) is 6.02 Å². The lowest BCUT2D eigenvalue weighted by Gasteiger charge is -2.39. The second-order valence-electron chi connectivity index (χ2n) is 15.6. The number of aliphatic imine (C=N–C) groups is 1. The third-order valence-electron chi connectivity index (χ3n) is 9.17. The number of sulfonamides is 1. The first-order valence-corrected chi connectivity index (χ1v) is 21.0. The Labute approximate surface area is 287 Å². The highest BCUT2D eigenvalue weighted by Gasteiger charge is 2.48. The van der Waals surface area contributed by atoms with Gasteiger partial charge in [-0.25, -0.2) is 27.3 Å². The Morgan fingerprint density at radius 2 is 1.75 bits per heavy atom. The lowest BCUT2D eigenvalue weighted by Crippen LogP contribution is -2.53. The quantitative estimate of drug-likeness (QED) is 0.279. The van der Waals surface area contributed by atoms with Crippen molar-refractivity contribution in [2.75, 3.05) is 19.7 Å². The van der Waals surface area contributed by atoms with Gasteiger partial charge in [-0.15, -0.1) is 0 Å². The number of nitrogens with one attached hydrogen (secondary N) is 1. The van der Waals surface area contributed by atoms with Crippen molar-refractivity contribution in [1.82, 2.24) is 9.62 Å². The summed E-state index contributed by atoms with van der Waals surface area (Å²) < 4.78 is 63.2. The molecule has 0 radical (unpaired) electrons. The van der Waals surface area contributed by atoms with E-state index in [1.807, 2.05) is 39.0 Å². The number of hydrogen-bond acceptors (Lipinski definition) is 7. The minimum absolute atomic E-state index is 0.00205. The number of benzene rings is 2. The van der Waals surface area contributed by atoms with Crippen LogP contribution >= 0.6 is 0 Å². The molecule has 0 spiro atoms. The van der Waals surface area contributed by atoms with E-state index >= 15 is 4.39 Å². The first-order valence-electron chi connectivity index (χ1n) is 16.5. The van der Waals surface area contributed by atoms with Crippen LogP contribution in [0.4, 0.5) is 9.18 Å². The van der Waals surface area contributed by atoms with E-state index < -0.39 is 46.7 Å². The summed E-state index contributed by atoms with van der Waals surface area (Å²) in [7, 11) is -6.07. The average Bonchev–Trinajstić information content (AvgIpc) is 2.94. The standard InChI is InChI=1S/C36H52FN3O6SSi/c1-34(2,3)46-33(41)40-22-19-26(20-23-40)25-15-17-27(18-16-25)31-36(7,8)45-32(39-47(31,42)43)38-30(28-13-11-12-14-29(28)37)21-24-44-48(9,10)35(4,5)6/h11-19,30-31H,20-24H2,1-10H3,(H,38,39). The van der Waals surface area contributed by atoms with Gasteiger partial charge in [0.1, 0.15) is 22.3 Å². The Morgan fingerprint density at radius 3 is 2.29 bits per heavy atom. The second kappa shape index (κ2) is 14.0. The van der Waals surface area contributed by atoms with Gasteiger partial charge in [0.15, 0.2) is 8.32 Å². The molecule has 2 aliphatic rings. The molecule has 2 aromatic carbocycles. The van der Waals surface area contributed by atoms with Gasteiger partial charge in [0.05, 0.1) is 6.04 Å². The van der Waals surface area contributed by atoms with Crippen LogP contribution < -0.4 is 4.72 Å². The molecule has 2 aliphatic heterocycles. The number of ether oxygens (including phenoxy) is 2. The van der Waals surface area contributed by atoms with Gasteiger partial charge < -0.3 is 18.8 Å². The van der Waals surface area contributed by atoms with E-state index in [-0.39, 0.29) is 17.2 Å². The lowest BCUT2D eigenvalue weighted by molar-refractivity contribution is 0.0270. The van der Waals surface area contributed by atoms with Crippen LogP contribution in [0.25, 0.3) is 5.57 Å². The van der Waals surface area contributed by atoms with Crippen LogP contribution in [0.15, 0.2) is 59.6 Å². The molecule has 9 nitrogen and oxygen atoms in total. The highest BCUT2D eigenvalue weighted by Crippen LogP contribution is 2.40. The third-order valence-corrected chi connectivity index (χ3v) is 15.6. The van der Waals surface area contributed by atoms with E-state index in [0.717, 1.165) is 11.1 Å². The summed E-state index contributed by atoms with van der Waals surface area (Å²) in [6, 6.07) is 12.9. The van der Waals surface area contributed by atoms with Crippen molar-refractivity contribution in [3.05, 3.63) is 77.1 Å². The van der Waals surface area contributed by atoms with Gasteiger partial charge in [-0.05, 0) is 88.4 Å². The van der Waals surface area contributed by atoms with E-state index in [1.165, 1.54) is 6.07 Å². The van der Waals surface area contributed by atoms with Crippen molar-refractivity contribution < 1.29 is 31.5 Å². The highest BCUT2D eigenvalue weighted by molar-refractivity contribution is 7.90. The number of amidine groups is 1. The number of hydrogen-bond donors (Lipinski definition) is 1. The zero-order chi connectivity index (χ0) is 35.7. The molecule has 0 aliphatic carbocycles. The molecule has 2 unspecified atom stereocenters. The number of amides is 1.